The summed E-state index contributed by atoms with van der Waals surface area (Å²) < 4.78 is 12.5. The summed E-state index contributed by atoms with van der Waals surface area (Å²) in [6.45, 7) is 1.50. The summed E-state index contributed by atoms with van der Waals surface area (Å²) in [5.74, 6) is 1.42. The fraction of sp³-hybridized carbons (Fsp3) is 0.172. The molecule has 188 valence electrons. The molecule has 2 atom stereocenters. The molecule has 0 bridgehead atoms. The summed E-state index contributed by atoms with van der Waals surface area (Å²) in [7, 11) is 3.11. The van der Waals surface area contributed by atoms with E-state index in [2.05, 4.69) is 0 Å². The van der Waals surface area contributed by atoms with E-state index in [4.69, 9.17) is 32.7 Å². The molecule has 6 nitrogen and oxygen atoms in total. The second-order valence-electron chi connectivity index (χ2n) is 8.73. The maximum Gasteiger partial charge on any atom is 0.260 e. The van der Waals surface area contributed by atoms with E-state index in [1.807, 2.05) is 36.4 Å². The fourth-order valence-electron chi connectivity index (χ4n) is 5.00. The minimum Gasteiger partial charge on any atom is -0.493 e. The van der Waals surface area contributed by atoms with Crippen LogP contribution >= 0.6 is 23.2 Å². The fourth-order valence-corrected chi connectivity index (χ4v) is 5.25. The summed E-state index contributed by atoms with van der Waals surface area (Å²) in [5.41, 5.74) is 2.63. The van der Waals surface area contributed by atoms with Gasteiger partial charge in [0.25, 0.3) is 5.56 Å². The summed E-state index contributed by atoms with van der Waals surface area (Å²) in [5, 5.41) is 1.17. The number of methoxy groups -OCH3 is 2. The molecule has 37 heavy (non-hydrogen) atoms. The van der Waals surface area contributed by atoms with Gasteiger partial charge in [0.15, 0.2) is 11.5 Å². The van der Waals surface area contributed by atoms with Crippen molar-refractivity contribution in [2.24, 2.45) is 0 Å². The third-order valence-electron chi connectivity index (χ3n) is 6.65. The lowest BCUT2D eigenvalue weighted by molar-refractivity contribution is -0.117. The lowest BCUT2D eigenvalue weighted by Gasteiger charge is -2.27. The van der Waals surface area contributed by atoms with E-state index in [-0.39, 0.29) is 11.5 Å². The van der Waals surface area contributed by atoms with Crippen LogP contribution in [0.15, 0.2) is 83.7 Å². The number of aromatic nitrogens is 1. The quantitative estimate of drug-likeness (QED) is 0.291. The van der Waals surface area contributed by atoms with Crippen molar-refractivity contribution in [1.82, 2.24) is 4.57 Å². The molecule has 0 spiro atoms. The summed E-state index contributed by atoms with van der Waals surface area (Å²) in [6.07, 6.45) is 0. The second kappa shape index (κ2) is 9.96. The van der Waals surface area contributed by atoms with Crippen LogP contribution in [0.25, 0.3) is 11.1 Å². The molecule has 0 saturated carbocycles. The van der Waals surface area contributed by atoms with E-state index < -0.39 is 12.1 Å². The van der Waals surface area contributed by atoms with Gasteiger partial charge in [0.05, 0.1) is 26.3 Å². The van der Waals surface area contributed by atoms with Crippen molar-refractivity contribution in [1.29, 1.82) is 0 Å². The number of pyridine rings is 1. The molecule has 0 radical (unpaired) electrons. The SMILES string of the molecule is COc1ccc(-c2ccc3n(c2=O)C(c2ccc(Cl)cc2)C(c2ccc(Cl)cc2)N3C(C)=O)cc1OC. The summed E-state index contributed by atoms with van der Waals surface area (Å²) >= 11 is 12.4. The van der Waals surface area contributed by atoms with Crippen LogP contribution in [0.2, 0.25) is 10.0 Å². The predicted molar refractivity (Wildman–Crippen MR) is 146 cm³/mol. The third kappa shape index (κ3) is 4.37. The van der Waals surface area contributed by atoms with Crippen LogP contribution in [-0.4, -0.2) is 24.7 Å². The largest absolute Gasteiger partial charge is 0.493 e. The predicted octanol–water partition coefficient (Wildman–Crippen LogP) is 6.54. The molecule has 0 fully saturated rings. The minimum atomic E-state index is -0.495. The van der Waals surface area contributed by atoms with Crippen molar-refractivity contribution in [3.05, 3.63) is 110 Å². The van der Waals surface area contributed by atoms with E-state index >= 15 is 0 Å². The van der Waals surface area contributed by atoms with E-state index in [0.717, 1.165) is 11.1 Å². The molecule has 2 unspecified atom stereocenters. The Kier molecular flexibility index (Phi) is 6.71. The zero-order valence-electron chi connectivity index (χ0n) is 20.4. The molecular weight excluding hydrogens is 511 g/mol. The van der Waals surface area contributed by atoms with Gasteiger partial charge < -0.3 is 9.47 Å². The number of nitrogens with zero attached hydrogens (tertiary/aromatic N) is 2. The number of benzene rings is 3. The number of hydrogen-bond acceptors (Lipinski definition) is 4. The van der Waals surface area contributed by atoms with Gasteiger partial charge in [-0.25, -0.2) is 0 Å². The number of carbonyl (C=O) groups excluding carboxylic acids is 1. The number of anilines is 1. The zero-order valence-corrected chi connectivity index (χ0v) is 22.0. The minimum absolute atomic E-state index is 0.177. The first-order valence-corrected chi connectivity index (χ1v) is 12.4. The van der Waals surface area contributed by atoms with Gasteiger partial charge in [0.1, 0.15) is 5.82 Å². The molecule has 1 aliphatic heterocycles. The van der Waals surface area contributed by atoms with Crippen LogP contribution < -0.4 is 19.9 Å². The third-order valence-corrected chi connectivity index (χ3v) is 7.16. The topological polar surface area (TPSA) is 60.8 Å². The van der Waals surface area contributed by atoms with E-state index in [0.29, 0.717) is 38.5 Å². The molecule has 5 rings (SSSR count). The van der Waals surface area contributed by atoms with Crippen molar-refractivity contribution in [3.63, 3.8) is 0 Å². The van der Waals surface area contributed by atoms with Gasteiger partial charge in [0.2, 0.25) is 5.91 Å². The normalized spacial score (nSPS) is 16.4. The number of ether oxygens (including phenoxy) is 2. The molecule has 0 N–H and O–H groups in total. The van der Waals surface area contributed by atoms with Gasteiger partial charge >= 0.3 is 0 Å². The number of rotatable bonds is 5. The van der Waals surface area contributed by atoms with Crippen molar-refractivity contribution >= 4 is 34.9 Å². The maximum atomic E-state index is 14.2. The highest BCUT2D eigenvalue weighted by Crippen LogP contribution is 2.47. The van der Waals surface area contributed by atoms with Crippen LogP contribution in [0.5, 0.6) is 11.5 Å². The second-order valence-corrected chi connectivity index (χ2v) is 9.60. The van der Waals surface area contributed by atoms with Crippen LogP contribution in [0.3, 0.4) is 0 Å². The first-order chi connectivity index (χ1) is 17.8. The molecular formula is C29H24Cl2N2O4. The van der Waals surface area contributed by atoms with Crippen molar-refractivity contribution in [2.75, 3.05) is 19.1 Å². The average Bonchev–Trinajstić information content (AvgIpc) is 3.25. The molecule has 3 aromatic carbocycles. The molecule has 8 heteroatoms. The number of carbonyl (C=O) groups is 1. The van der Waals surface area contributed by atoms with Crippen LogP contribution in [0.1, 0.15) is 30.1 Å². The van der Waals surface area contributed by atoms with Crippen molar-refractivity contribution in [3.8, 4) is 22.6 Å². The van der Waals surface area contributed by atoms with Gasteiger partial charge in [-0.05, 0) is 65.2 Å². The smallest absolute Gasteiger partial charge is 0.260 e. The monoisotopic (exact) mass is 534 g/mol. The Bertz CT molecular complexity index is 1530. The Morgan fingerprint density at radius 2 is 1.32 bits per heavy atom. The highest BCUT2D eigenvalue weighted by Gasteiger charge is 2.43. The lowest BCUT2D eigenvalue weighted by Crippen LogP contribution is -2.31. The molecule has 1 aromatic heterocycles. The van der Waals surface area contributed by atoms with Gasteiger partial charge in [0, 0.05) is 22.5 Å². The van der Waals surface area contributed by atoms with Crippen LogP contribution in [0, 0.1) is 0 Å². The summed E-state index contributed by atoms with van der Waals surface area (Å²) in [6, 6.07) is 22.6. The van der Waals surface area contributed by atoms with Gasteiger partial charge in [-0.3, -0.25) is 19.1 Å². The maximum absolute atomic E-state index is 14.2. The lowest BCUT2D eigenvalue weighted by atomic mass is 9.93. The van der Waals surface area contributed by atoms with Crippen molar-refractivity contribution < 1.29 is 14.3 Å². The highest BCUT2D eigenvalue weighted by atomic mass is 35.5. The Balaban J connectivity index is 1.76. The van der Waals surface area contributed by atoms with Crippen molar-refractivity contribution in [2.45, 2.75) is 19.0 Å². The Labute approximate surface area is 224 Å². The van der Waals surface area contributed by atoms with Crippen LogP contribution in [-0.2, 0) is 4.79 Å². The number of amides is 1. The number of halogens is 2. The molecule has 1 amide bonds. The standard InChI is InChI=1S/C29H24Cl2N2O4/c1-17(34)32-26-15-13-23(20-8-14-24(36-2)25(16-20)37-3)29(35)33(26)28(19-6-11-22(31)12-7-19)27(32)18-4-9-21(30)10-5-18/h4-16,27-28H,1-3H3. The molecule has 0 saturated heterocycles. The Morgan fingerprint density at radius 1 is 0.757 bits per heavy atom. The van der Waals surface area contributed by atoms with Crippen LogP contribution in [0.4, 0.5) is 5.82 Å². The Morgan fingerprint density at radius 3 is 1.86 bits per heavy atom. The summed E-state index contributed by atoms with van der Waals surface area (Å²) in [4.78, 5) is 28.9. The van der Waals surface area contributed by atoms with E-state index in [9.17, 15) is 9.59 Å². The first kappa shape index (κ1) is 24.9. The average molecular weight is 535 g/mol. The number of hydrogen-bond donors (Lipinski definition) is 0. The highest BCUT2D eigenvalue weighted by molar-refractivity contribution is 6.30. The molecule has 0 aliphatic carbocycles. The Hall–Kier alpha value is -3.74. The van der Waals surface area contributed by atoms with Gasteiger partial charge in [-0.15, -0.1) is 0 Å². The molecule has 2 heterocycles. The molecule has 1 aliphatic rings. The van der Waals surface area contributed by atoms with Gasteiger partial charge in [-0.2, -0.15) is 0 Å². The van der Waals surface area contributed by atoms with Gasteiger partial charge in [-0.1, -0.05) is 53.5 Å². The first-order valence-electron chi connectivity index (χ1n) is 11.6. The zero-order chi connectivity index (χ0) is 26.3. The number of fused-ring (bicyclic) bond motifs is 1. The van der Waals surface area contributed by atoms with E-state index in [1.54, 1.807) is 66.2 Å². The molecule has 4 aromatic rings. The van der Waals surface area contributed by atoms with E-state index in [1.165, 1.54) is 6.92 Å².